The van der Waals surface area contributed by atoms with Gasteiger partial charge in [0.2, 0.25) is 5.91 Å². The number of hydrogen-bond donors (Lipinski definition) is 1. The molecular weight excluding hydrogens is 488 g/mol. The van der Waals surface area contributed by atoms with Gasteiger partial charge < -0.3 is 10.1 Å². The van der Waals surface area contributed by atoms with E-state index in [1.165, 1.54) is 0 Å². The maximum Gasteiger partial charge on any atom is 0.306 e. The summed E-state index contributed by atoms with van der Waals surface area (Å²) in [5.41, 5.74) is -2.63. The van der Waals surface area contributed by atoms with Gasteiger partial charge in [0, 0.05) is 42.9 Å². The normalized spacial score (nSPS) is 17.6. The van der Waals surface area contributed by atoms with Crippen LogP contribution in [0.2, 0.25) is 0 Å². The summed E-state index contributed by atoms with van der Waals surface area (Å²) < 4.78 is 5.19. The first-order valence-corrected chi connectivity index (χ1v) is 11.3. The van der Waals surface area contributed by atoms with Crippen LogP contribution in [0.3, 0.4) is 0 Å². The van der Waals surface area contributed by atoms with Crippen LogP contribution in [0.5, 0.6) is 0 Å². The SMILES string of the molecule is CC(C)(C)OC(=O)CCC(=O)NC(CN1C(=O)C=CC1=O)(CN1C(=O)C=CC1=O)CN1C(=O)C=CC1=O. The summed E-state index contributed by atoms with van der Waals surface area (Å²) in [6, 6.07) is 0. The molecule has 0 saturated heterocycles. The molecule has 0 aromatic carbocycles. The zero-order valence-electron chi connectivity index (χ0n) is 20.5. The molecular formula is C24H26N4O9. The monoisotopic (exact) mass is 514 g/mol. The average Bonchev–Trinajstić information content (AvgIpc) is 3.40. The van der Waals surface area contributed by atoms with Crippen LogP contribution in [0.4, 0.5) is 0 Å². The van der Waals surface area contributed by atoms with Crippen molar-refractivity contribution in [1.29, 1.82) is 0 Å². The number of carbonyl (C=O) groups excluding carboxylic acids is 8. The third-order valence-electron chi connectivity index (χ3n) is 5.46. The molecule has 0 bridgehead atoms. The molecule has 3 heterocycles. The second-order valence-electron chi connectivity index (χ2n) is 9.70. The van der Waals surface area contributed by atoms with E-state index in [1.807, 2.05) is 0 Å². The summed E-state index contributed by atoms with van der Waals surface area (Å²) in [5, 5.41) is 2.58. The number of rotatable bonds is 10. The Morgan fingerprint density at radius 2 is 0.973 bits per heavy atom. The maximum absolute atomic E-state index is 13.0. The van der Waals surface area contributed by atoms with Crippen molar-refractivity contribution in [3.63, 3.8) is 0 Å². The number of esters is 1. The van der Waals surface area contributed by atoms with Crippen LogP contribution in [-0.4, -0.2) is 92.8 Å². The van der Waals surface area contributed by atoms with Crippen molar-refractivity contribution in [1.82, 2.24) is 20.0 Å². The van der Waals surface area contributed by atoms with Gasteiger partial charge in [-0.15, -0.1) is 0 Å². The van der Waals surface area contributed by atoms with E-state index in [2.05, 4.69) is 5.32 Å². The molecule has 0 aromatic rings. The Balaban J connectivity index is 1.92. The van der Waals surface area contributed by atoms with Crippen LogP contribution in [0.25, 0.3) is 0 Å². The van der Waals surface area contributed by atoms with Gasteiger partial charge in [0.25, 0.3) is 35.4 Å². The standard InChI is InChI=1S/C24H26N4O9/c1-23(2,3)37-22(36)11-4-15(29)25-24(12-26-16(30)5-6-17(26)31,13-27-18(32)7-8-19(27)33)14-28-20(34)9-10-21(28)35/h5-10H,4,11-14H2,1-3H3,(H,25,29). The molecule has 3 aliphatic heterocycles. The predicted octanol–water partition coefficient (Wildman–Crippen LogP) is -1.26. The molecule has 7 amide bonds. The molecule has 0 saturated carbocycles. The minimum atomic E-state index is -1.85. The lowest BCUT2D eigenvalue weighted by Gasteiger charge is -2.41. The number of nitrogens with zero attached hydrogens (tertiary/aromatic N) is 3. The van der Waals surface area contributed by atoms with E-state index in [4.69, 9.17) is 4.74 Å². The van der Waals surface area contributed by atoms with Crippen molar-refractivity contribution in [2.45, 2.75) is 44.8 Å². The molecule has 0 spiro atoms. The molecule has 13 nitrogen and oxygen atoms in total. The van der Waals surface area contributed by atoms with Crippen molar-refractivity contribution in [3.05, 3.63) is 36.5 Å². The maximum atomic E-state index is 13.0. The Morgan fingerprint density at radius 3 is 1.27 bits per heavy atom. The van der Waals surface area contributed by atoms with Crippen molar-refractivity contribution < 1.29 is 43.1 Å². The van der Waals surface area contributed by atoms with Crippen molar-refractivity contribution in [2.24, 2.45) is 0 Å². The van der Waals surface area contributed by atoms with Crippen LogP contribution in [0, 0.1) is 0 Å². The van der Waals surface area contributed by atoms with Gasteiger partial charge in [-0.25, -0.2) is 0 Å². The molecule has 0 aliphatic carbocycles. The summed E-state index contributed by atoms with van der Waals surface area (Å²) in [5.74, 6) is -5.81. The molecule has 13 heteroatoms. The molecule has 37 heavy (non-hydrogen) atoms. The number of ether oxygens (including phenoxy) is 1. The molecule has 3 rings (SSSR count). The van der Waals surface area contributed by atoms with Crippen LogP contribution in [0.1, 0.15) is 33.6 Å². The van der Waals surface area contributed by atoms with Crippen molar-refractivity contribution in [2.75, 3.05) is 19.6 Å². The van der Waals surface area contributed by atoms with Crippen LogP contribution in [0.15, 0.2) is 36.5 Å². The molecule has 0 aromatic heterocycles. The highest BCUT2D eigenvalue weighted by atomic mass is 16.6. The van der Waals surface area contributed by atoms with Crippen LogP contribution in [-0.2, 0) is 43.1 Å². The quantitative estimate of drug-likeness (QED) is 0.276. The molecule has 196 valence electrons. The Kier molecular flexibility index (Phi) is 7.55. The van der Waals surface area contributed by atoms with Gasteiger partial charge in [-0.05, 0) is 20.8 Å². The minimum absolute atomic E-state index is 0.325. The summed E-state index contributed by atoms with van der Waals surface area (Å²) in [7, 11) is 0. The molecule has 0 radical (unpaired) electrons. The molecule has 0 atom stereocenters. The zero-order chi connectivity index (χ0) is 27.5. The van der Waals surface area contributed by atoms with Gasteiger partial charge in [-0.1, -0.05) is 0 Å². The third kappa shape index (κ3) is 6.63. The number of nitrogens with one attached hydrogen (secondary N) is 1. The summed E-state index contributed by atoms with van der Waals surface area (Å²) in [6.45, 7) is 3.23. The zero-order valence-corrected chi connectivity index (χ0v) is 20.5. The topological polar surface area (TPSA) is 168 Å². The highest BCUT2D eigenvalue weighted by Crippen LogP contribution is 2.21. The lowest BCUT2D eigenvalue weighted by molar-refractivity contribution is -0.155. The number of imide groups is 3. The van der Waals surface area contributed by atoms with Crippen LogP contribution >= 0.6 is 0 Å². The fourth-order valence-corrected chi connectivity index (χ4v) is 3.90. The second-order valence-corrected chi connectivity index (χ2v) is 9.70. The van der Waals surface area contributed by atoms with E-state index >= 15 is 0 Å². The van der Waals surface area contributed by atoms with E-state index in [0.29, 0.717) is 0 Å². The van der Waals surface area contributed by atoms with Gasteiger partial charge in [0.1, 0.15) is 5.60 Å². The largest absolute Gasteiger partial charge is 0.460 e. The van der Waals surface area contributed by atoms with Crippen molar-refractivity contribution >= 4 is 47.3 Å². The van der Waals surface area contributed by atoms with Gasteiger partial charge in [-0.3, -0.25) is 53.1 Å². The third-order valence-corrected chi connectivity index (χ3v) is 5.46. The summed E-state index contributed by atoms with van der Waals surface area (Å²) in [4.78, 5) is 101. The number of carbonyl (C=O) groups is 8. The minimum Gasteiger partial charge on any atom is -0.460 e. The van der Waals surface area contributed by atoms with E-state index in [0.717, 1.165) is 51.2 Å². The molecule has 0 unspecified atom stereocenters. The van der Waals surface area contributed by atoms with Gasteiger partial charge in [0.05, 0.1) is 31.6 Å². The van der Waals surface area contributed by atoms with E-state index in [-0.39, 0.29) is 6.42 Å². The van der Waals surface area contributed by atoms with Gasteiger partial charge in [-0.2, -0.15) is 0 Å². The number of amides is 7. The predicted molar refractivity (Wildman–Crippen MR) is 124 cm³/mol. The highest BCUT2D eigenvalue weighted by Gasteiger charge is 2.45. The Hall–Kier alpha value is -4.42. The van der Waals surface area contributed by atoms with Gasteiger partial charge >= 0.3 is 5.97 Å². The molecule has 3 aliphatic rings. The second kappa shape index (κ2) is 10.3. The first-order chi connectivity index (χ1) is 17.2. The summed E-state index contributed by atoms with van der Waals surface area (Å²) in [6.07, 6.45) is 5.28. The summed E-state index contributed by atoms with van der Waals surface area (Å²) >= 11 is 0. The molecule has 0 fully saturated rings. The van der Waals surface area contributed by atoms with E-state index in [9.17, 15) is 38.4 Å². The van der Waals surface area contributed by atoms with Crippen LogP contribution < -0.4 is 5.32 Å². The first kappa shape index (κ1) is 27.2. The van der Waals surface area contributed by atoms with Crippen molar-refractivity contribution in [3.8, 4) is 0 Å². The van der Waals surface area contributed by atoms with E-state index < -0.39 is 84.5 Å². The highest BCUT2D eigenvalue weighted by molar-refractivity contribution is 6.14. The number of hydrogen-bond acceptors (Lipinski definition) is 9. The Bertz CT molecular complexity index is 1010. The average molecular weight is 514 g/mol. The lowest BCUT2D eigenvalue weighted by atomic mass is 9.95. The van der Waals surface area contributed by atoms with Gasteiger partial charge in [0.15, 0.2) is 0 Å². The fraction of sp³-hybridized carbons (Fsp3) is 0.417. The Morgan fingerprint density at radius 1 is 0.649 bits per heavy atom. The molecule has 1 N–H and O–H groups in total. The fourth-order valence-electron chi connectivity index (χ4n) is 3.90. The lowest BCUT2D eigenvalue weighted by Crippen LogP contribution is -2.67. The van der Waals surface area contributed by atoms with E-state index in [1.54, 1.807) is 20.8 Å². The smallest absolute Gasteiger partial charge is 0.306 e. The first-order valence-electron chi connectivity index (χ1n) is 11.3. The Labute approximate surface area is 211 Å².